The van der Waals surface area contributed by atoms with Crippen molar-refractivity contribution in [1.82, 2.24) is 9.97 Å². The van der Waals surface area contributed by atoms with Crippen molar-refractivity contribution in [2.75, 3.05) is 29.6 Å². The lowest BCUT2D eigenvalue weighted by Crippen LogP contribution is -2.08. The minimum atomic E-state index is 0.455. The van der Waals surface area contributed by atoms with Gasteiger partial charge in [-0.3, -0.25) is 0 Å². The van der Waals surface area contributed by atoms with E-state index in [4.69, 9.17) is 23.2 Å². The molecule has 0 amide bonds. The molecule has 5 nitrogen and oxygen atoms in total. The molecule has 1 aromatic heterocycles. The number of nitrogens with one attached hydrogen (secondary N) is 2. The van der Waals surface area contributed by atoms with Gasteiger partial charge in [0.25, 0.3) is 0 Å². The standard InChI is InChI=1S/C18H17Cl2N5/c1-25(2)13-8-6-12(7-9-13)22-18-21-11-10-16(24-18)23-15-5-3-4-14(19)17(15)20/h3-11H,1-2H3,(H2,21,22,23,24). The zero-order chi connectivity index (χ0) is 17.8. The highest BCUT2D eigenvalue weighted by molar-refractivity contribution is 6.43. The van der Waals surface area contributed by atoms with Gasteiger partial charge in [0.05, 0.1) is 15.7 Å². The maximum Gasteiger partial charge on any atom is 0.229 e. The summed E-state index contributed by atoms with van der Waals surface area (Å²) in [5.74, 6) is 1.10. The smallest absolute Gasteiger partial charge is 0.229 e. The van der Waals surface area contributed by atoms with Gasteiger partial charge in [0, 0.05) is 31.7 Å². The third kappa shape index (κ3) is 4.32. The van der Waals surface area contributed by atoms with Crippen LogP contribution >= 0.6 is 23.2 Å². The molecule has 0 spiro atoms. The van der Waals surface area contributed by atoms with Crippen molar-refractivity contribution in [3.8, 4) is 0 Å². The van der Waals surface area contributed by atoms with E-state index < -0.39 is 0 Å². The number of hydrogen-bond donors (Lipinski definition) is 2. The van der Waals surface area contributed by atoms with E-state index in [1.165, 1.54) is 0 Å². The Labute approximate surface area is 156 Å². The molecule has 0 aliphatic carbocycles. The summed E-state index contributed by atoms with van der Waals surface area (Å²) >= 11 is 12.2. The predicted molar refractivity (Wildman–Crippen MR) is 106 cm³/mol. The number of benzene rings is 2. The lowest BCUT2D eigenvalue weighted by Gasteiger charge is -2.13. The van der Waals surface area contributed by atoms with Gasteiger partial charge >= 0.3 is 0 Å². The molecule has 0 saturated carbocycles. The average Bonchev–Trinajstić information content (AvgIpc) is 2.60. The molecule has 25 heavy (non-hydrogen) atoms. The summed E-state index contributed by atoms with van der Waals surface area (Å²) in [7, 11) is 4.00. The van der Waals surface area contributed by atoms with Gasteiger partial charge in [-0.2, -0.15) is 4.98 Å². The summed E-state index contributed by atoms with van der Waals surface area (Å²) < 4.78 is 0. The fourth-order valence-corrected chi connectivity index (χ4v) is 2.55. The molecule has 0 bridgehead atoms. The molecule has 0 saturated heterocycles. The highest BCUT2D eigenvalue weighted by Crippen LogP contribution is 2.31. The SMILES string of the molecule is CN(C)c1ccc(Nc2nccc(Nc3cccc(Cl)c3Cl)n2)cc1. The number of hydrogen-bond acceptors (Lipinski definition) is 5. The van der Waals surface area contributed by atoms with E-state index >= 15 is 0 Å². The van der Waals surface area contributed by atoms with E-state index in [1.807, 2.05) is 55.4 Å². The molecule has 0 aliphatic rings. The molecule has 0 radical (unpaired) electrons. The molecule has 0 atom stereocenters. The van der Waals surface area contributed by atoms with E-state index in [-0.39, 0.29) is 0 Å². The zero-order valence-corrected chi connectivity index (χ0v) is 15.3. The highest BCUT2D eigenvalue weighted by atomic mass is 35.5. The molecule has 7 heteroatoms. The van der Waals surface area contributed by atoms with Crippen LogP contribution < -0.4 is 15.5 Å². The normalized spacial score (nSPS) is 10.4. The topological polar surface area (TPSA) is 53.1 Å². The maximum absolute atomic E-state index is 6.20. The van der Waals surface area contributed by atoms with Gasteiger partial charge in [-0.05, 0) is 42.5 Å². The Morgan fingerprint density at radius 3 is 2.40 bits per heavy atom. The van der Waals surface area contributed by atoms with Crippen LogP contribution in [0.25, 0.3) is 0 Å². The van der Waals surface area contributed by atoms with Crippen LogP contribution in [-0.2, 0) is 0 Å². The van der Waals surface area contributed by atoms with Crippen LogP contribution in [0.1, 0.15) is 0 Å². The van der Waals surface area contributed by atoms with Gasteiger partial charge in [-0.1, -0.05) is 29.3 Å². The maximum atomic E-state index is 6.20. The molecule has 128 valence electrons. The van der Waals surface area contributed by atoms with Crippen molar-refractivity contribution in [3.63, 3.8) is 0 Å². The van der Waals surface area contributed by atoms with Crippen molar-refractivity contribution < 1.29 is 0 Å². The van der Waals surface area contributed by atoms with Crippen LogP contribution in [0.5, 0.6) is 0 Å². The van der Waals surface area contributed by atoms with Crippen molar-refractivity contribution >= 4 is 52.0 Å². The van der Waals surface area contributed by atoms with Gasteiger partial charge in [-0.15, -0.1) is 0 Å². The summed E-state index contributed by atoms with van der Waals surface area (Å²) in [5.41, 5.74) is 2.72. The van der Waals surface area contributed by atoms with Crippen LogP contribution in [0.15, 0.2) is 54.7 Å². The van der Waals surface area contributed by atoms with Crippen LogP contribution in [0, 0.1) is 0 Å². The minimum absolute atomic E-state index is 0.455. The molecule has 3 aromatic rings. The van der Waals surface area contributed by atoms with Gasteiger partial charge in [0.1, 0.15) is 5.82 Å². The molecule has 1 heterocycles. The summed E-state index contributed by atoms with van der Waals surface area (Å²) in [5, 5.41) is 7.27. The van der Waals surface area contributed by atoms with Crippen molar-refractivity contribution in [2.24, 2.45) is 0 Å². The lowest BCUT2D eigenvalue weighted by molar-refractivity contribution is 1.13. The van der Waals surface area contributed by atoms with Crippen molar-refractivity contribution in [3.05, 3.63) is 64.8 Å². The molecule has 0 fully saturated rings. The molecular weight excluding hydrogens is 357 g/mol. The molecule has 0 unspecified atom stereocenters. The van der Waals surface area contributed by atoms with Crippen LogP contribution in [0.3, 0.4) is 0 Å². The number of nitrogens with zero attached hydrogens (tertiary/aromatic N) is 3. The van der Waals surface area contributed by atoms with E-state index in [0.29, 0.717) is 27.5 Å². The molecule has 0 aliphatic heterocycles. The minimum Gasteiger partial charge on any atom is -0.378 e. The van der Waals surface area contributed by atoms with E-state index in [1.54, 1.807) is 18.3 Å². The van der Waals surface area contributed by atoms with Crippen LogP contribution in [-0.4, -0.2) is 24.1 Å². The Morgan fingerprint density at radius 2 is 1.68 bits per heavy atom. The monoisotopic (exact) mass is 373 g/mol. The van der Waals surface area contributed by atoms with E-state index in [0.717, 1.165) is 11.4 Å². The second kappa shape index (κ2) is 7.59. The number of aromatic nitrogens is 2. The average molecular weight is 374 g/mol. The van der Waals surface area contributed by atoms with Gasteiger partial charge in [0.2, 0.25) is 5.95 Å². The quantitative estimate of drug-likeness (QED) is 0.632. The second-order valence-electron chi connectivity index (χ2n) is 5.56. The largest absolute Gasteiger partial charge is 0.378 e. The summed E-state index contributed by atoms with van der Waals surface area (Å²) in [6.07, 6.45) is 1.67. The number of rotatable bonds is 5. The zero-order valence-electron chi connectivity index (χ0n) is 13.8. The Morgan fingerprint density at radius 1 is 0.920 bits per heavy atom. The van der Waals surface area contributed by atoms with Crippen molar-refractivity contribution in [1.29, 1.82) is 0 Å². The Balaban J connectivity index is 1.76. The number of halogens is 2. The summed E-state index contributed by atoms with van der Waals surface area (Å²) in [6, 6.07) is 15.2. The third-order valence-electron chi connectivity index (χ3n) is 3.51. The number of anilines is 5. The second-order valence-corrected chi connectivity index (χ2v) is 6.34. The Kier molecular flexibility index (Phi) is 5.26. The molecule has 3 rings (SSSR count). The third-order valence-corrected chi connectivity index (χ3v) is 4.33. The first-order valence-corrected chi connectivity index (χ1v) is 8.37. The fourth-order valence-electron chi connectivity index (χ4n) is 2.20. The van der Waals surface area contributed by atoms with Crippen LogP contribution in [0.4, 0.5) is 28.8 Å². The lowest BCUT2D eigenvalue weighted by atomic mass is 10.2. The molecule has 2 aromatic carbocycles. The first kappa shape index (κ1) is 17.3. The van der Waals surface area contributed by atoms with Crippen molar-refractivity contribution in [2.45, 2.75) is 0 Å². The molecular formula is C18H17Cl2N5. The van der Waals surface area contributed by atoms with Gasteiger partial charge < -0.3 is 15.5 Å². The first-order chi connectivity index (χ1) is 12.0. The fraction of sp³-hybridized carbons (Fsp3) is 0.111. The van der Waals surface area contributed by atoms with Gasteiger partial charge in [-0.25, -0.2) is 4.98 Å². The Bertz CT molecular complexity index is 866. The molecule has 2 N–H and O–H groups in total. The predicted octanol–water partition coefficient (Wildman–Crippen LogP) is 5.34. The first-order valence-electron chi connectivity index (χ1n) is 7.61. The highest BCUT2D eigenvalue weighted by Gasteiger charge is 2.06. The van der Waals surface area contributed by atoms with Gasteiger partial charge in [0.15, 0.2) is 0 Å². The van der Waals surface area contributed by atoms with E-state index in [2.05, 4.69) is 20.6 Å². The van der Waals surface area contributed by atoms with E-state index in [9.17, 15) is 0 Å². The summed E-state index contributed by atoms with van der Waals surface area (Å²) in [4.78, 5) is 10.7. The summed E-state index contributed by atoms with van der Waals surface area (Å²) in [6.45, 7) is 0. The van der Waals surface area contributed by atoms with Crippen LogP contribution in [0.2, 0.25) is 10.0 Å². The Hall–Kier alpha value is -2.50.